The second-order valence-electron chi connectivity index (χ2n) is 7.17. The van der Waals surface area contributed by atoms with Gasteiger partial charge in [-0.3, -0.25) is 4.79 Å². The second-order valence-corrected chi connectivity index (χ2v) is 7.17. The third kappa shape index (κ3) is 2.58. The molecule has 4 nitrogen and oxygen atoms in total. The molecule has 4 heteroatoms. The zero-order chi connectivity index (χ0) is 17.5. The van der Waals surface area contributed by atoms with Crippen molar-refractivity contribution in [3.8, 4) is 0 Å². The Bertz CT molecular complexity index is 1100. The van der Waals surface area contributed by atoms with Gasteiger partial charge < -0.3 is 15.3 Å². The Morgan fingerprint density at radius 1 is 1.04 bits per heavy atom. The normalized spacial score (nSPS) is 16.7. The van der Waals surface area contributed by atoms with Gasteiger partial charge in [0.1, 0.15) is 0 Å². The van der Waals surface area contributed by atoms with E-state index in [0.29, 0.717) is 6.42 Å². The summed E-state index contributed by atoms with van der Waals surface area (Å²) in [5.74, 6) is 0.100. The number of hydrogen-bond donors (Lipinski definition) is 3. The van der Waals surface area contributed by atoms with E-state index in [1.807, 2.05) is 24.4 Å². The number of hydrogen-bond acceptors (Lipinski definition) is 1. The number of rotatable bonds is 3. The lowest BCUT2D eigenvalue weighted by Gasteiger charge is -2.23. The average molecular weight is 343 g/mol. The molecule has 0 fully saturated rings. The van der Waals surface area contributed by atoms with Crippen LogP contribution in [0.3, 0.4) is 0 Å². The molecule has 1 amide bonds. The van der Waals surface area contributed by atoms with Crippen LogP contribution in [0.2, 0.25) is 0 Å². The Kier molecular flexibility index (Phi) is 3.56. The molecule has 2 aromatic heterocycles. The molecule has 0 saturated heterocycles. The molecule has 0 radical (unpaired) electrons. The first-order valence-electron chi connectivity index (χ1n) is 9.21. The van der Waals surface area contributed by atoms with Crippen LogP contribution in [-0.4, -0.2) is 21.9 Å². The number of nitrogens with one attached hydrogen (secondary N) is 3. The van der Waals surface area contributed by atoms with Gasteiger partial charge in [-0.05, 0) is 42.5 Å². The summed E-state index contributed by atoms with van der Waals surface area (Å²) in [6, 6.07) is 16.8. The van der Waals surface area contributed by atoms with Crippen LogP contribution in [0.1, 0.15) is 23.2 Å². The van der Waals surface area contributed by atoms with E-state index in [2.05, 4.69) is 45.6 Å². The van der Waals surface area contributed by atoms with E-state index in [4.69, 9.17) is 0 Å². The molecule has 3 N–H and O–H groups in total. The standard InChI is InChI=1S/C22H21N3O/c26-22(11-14-13-23-19-7-3-1-5-16(14)19)24-15-9-10-21-18(12-15)17-6-2-4-8-20(17)25-21/h1-8,13,15,23,25H,9-12H2,(H,24,26). The number of H-pyrrole nitrogens is 2. The van der Waals surface area contributed by atoms with E-state index >= 15 is 0 Å². The van der Waals surface area contributed by atoms with Crippen molar-refractivity contribution in [3.63, 3.8) is 0 Å². The molecule has 2 heterocycles. The van der Waals surface area contributed by atoms with Crippen molar-refractivity contribution in [3.05, 3.63) is 71.5 Å². The van der Waals surface area contributed by atoms with E-state index in [0.717, 1.165) is 35.7 Å². The average Bonchev–Trinajstić information content (AvgIpc) is 3.23. The SMILES string of the molecule is O=C(Cc1c[nH]c2ccccc12)NC1CCc2[nH]c3ccccc3c2C1. The fraction of sp³-hybridized carbons (Fsp3) is 0.227. The predicted octanol–water partition coefficient (Wildman–Crippen LogP) is 3.87. The van der Waals surface area contributed by atoms with Crippen molar-refractivity contribution in [2.45, 2.75) is 31.7 Å². The van der Waals surface area contributed by atoms with Gasteiger partial charge in [0.15, 0.2) is 0 Å². The highest BCUT2D eigenvalue weighted by Crippen LogP contribution is 2.29. The van der Waals surface area contributed by atoms with Crippen molar-refractivity contribution in [2.24, 2.45) is 0 Å². The molecule has 4 aromatic rings. The molecule has 1 atom stereocenters. The molecule has 26 heavy (non-hydrogen) atoms. The molecule has 1 unspecified atom stereocenters. The minimum atomic E-state index is 0.100. The minimum absolute atomic E-state index is 0.100. The topological polar surface area (TPSA) is 60.7 Å². The van der Waals surface area contributed by atoms with Gasteiger partial charge in [-0.2, -0.15) is 0 Å². The Balaban J connectivity index is 1.32. The lowest BCUT2D eigenvalue weighted by Crippen LogP contribution is -2.39. The van der Waals surface area contributed by atoms with Gasteiger partial charge in [-0.25, -0.2) is 0 Å². The van der Waals surface area contributed by atoms with Crippen LogP contribution in [0.5, 0.6) is 0 Å². The molecule has 5 rings (SSSR count). The zero-order valence-corrected chi connectivity index (χ0v) is 14.5. The fourth-order valence-electron chi connectivity index (χ4n) is 4.22. The third-order valence-electron chi connectivity index (χ3n) is 5.49. The van der Waals surface area contributed by atoms with Gasteiger partial charge in [-0.1, -0.05) is 36.4 Å². The van der Waals surface area contributed by atoms with Crippen molar-refractivity contribution in [2.75, 3.05) is 0 Å². The number of para-hydroxylation sites is 2. The first-order valence-corrected chi connectivity index (χ1v) is 9.21. The van der Waals surface area contributed by atoms with Gasteiger partial charge in [0.25, 0.3) is 0 Å². The van der Waals surface area contributed by atoms with Crippen LogP contribution < -0.4 is 5.32 Å². The molecule has 1 aliphatic carbocycles. The van der Waals surface area contributed by atoms with Gasteiger partial charge in [0.2, 0.25) is 5.91 Å². The summed E-state index contributed by atoms with van der Waals surface area (Å²) in [5.41, 5.74) is 6.03. The predicted molar refractivity (Wildman–Crippen MR) is 104 cm³/mol. The molecule has 0 bridgehead atoms. The summed E-state index contributed by atoms with van der Waals surface area (Å²) in [7, 11) is 0. The van der Waals surface area contributed by atoms with Crippen LogP contribution >= 0.6 is 0 Å². The maximum atomic E-state index is 12.6. The quantitative estimate of drug-likeness (QED) is 0.520. The van der Waals surface area contributed by atoms with Gasteiger partial charge in [-0.15, -0.1) is 0 Å². The first-order chi connectivity index (χ1) is 12.8. The van der Waals surface area contributed by atoms with Crippen LogP contribution in [0.25, 0.3) is 21.8 Å². The van der Waals surface area contributed by atoms with Crippen molar-refractivity contribution in [1.29, 1.82) is 0 Å². The minimum Gasteiger partial charge on any atom is -0.361 e. The monoisotopic (exact) mass is 343 g/mol. The Morgan fingerprint density at radius 3 is 2.69 bits per heavy atom. The van der Waals surface area contributed by atoms with Gasteiger partial charge >= 0.3 is 0 Å². The number of carbonyl (C=O) groups excluding carboxylic acids is 1. The highest BCUT2D eigenvalue weighted by Gasteiger charge is 2.23. The van der Waals surface area contributed by atoms with Crippen molar-refractivity contribution >= 4 is 27.7 Å². The number of amides is 1. The molecule has 0 saturated carbocycles. The van der Waals surface area contributed by atoms with E-state index in [1.54, 1.807) is 0 Å². The number of carbonyl (C=O) groups is 1. The lowest BCUT2D eigenvalue weighted by molar-refractivity contribution is -0.121. The Hall–Kier alpha value is -3.01. The third-order valence-corrected chi connectivity index (χ3v) is 5.49. The van der Waals surface area contributed by atoms with E-state index < -0.39 is 0 Å². The number of benzene rings is 2. The number of fused-ring (bicyclic) bond motifs is 4. The first kappa shape index (κ1) is 15.3. The second kappa shape index (κ2) is 6.06. The summed E-state index contributed by atoms with van der Waals surface area (Å²) in [6.45, 7) is 0. The zero-order valence-electron chi connectivity index (χ0n) is 14.5. The molecule has 130 valence electrons. The Labute approximate surface area is 151 Å². The molecule has 0 spiro atoms. The molecular formula is C22H21N3O. The molecule has 1 aliphatic rings. The number of aromatic nitrogens is 2. The van der Waals surface area contributed by atoms with Crippen LogP contribution in [-0.2, 0) is 24.1 Å². The Morgan fingerprint density at radius 2 is 1.81 bits per heavy atom. The molecule has 0 aliphatic heterocycles. The summed E-state index contributed by atoms with van der Waals surface area (Å²) in [4.78, 5) is 19.4. The molecular weight excluding hydrogens is 322 g/mol. The van der Waals surface area contributed by atoms with E-state index in [9.17, 15) is 4.79 Å². The highest BCUT2D eigenvalue weighted by molar-refractivity contribution is 5.89. The highest BCUT2D eigenvalue weighted by atomic mass is 16.1. The maximum absolute atomic E-state index is 12.6. The summed E-state index contributed by atoms with van der Waals surface area (Å²) < 4.78 is 0. The van der Waals surface area contributed by atoms with Crippen molar-refractivity contribution in [1.82, 2.24) is 15.3 Å². The van der Waals surface area contributed by atoms with Crippen molar-refractivity contribution < 1.29 is 4.79 Å². The van der Waals surface area contributed by atoms with E-state index in [1.165, 1.54) is 22.2 Å². The summed E-state index contributed by atoms with van der Waals surface area (Å²) in [5, 5.41) is 5.67. The van der Waals surface area contributed by atoms with Gasteiger partial charge in [0, 0.05) is 39.7 Å². The van der Waals surface area contributed by atoms with E-state index in [-0.39, 0.29) is 11.9 Å². The summed E-state index contributed by atoms with van der Waals surface area (Å²) in [6.07, 6.45) is 5.24. The number of aromatic amines is 2. The van der Waals surface area contributed by atoms with Crippen LogP contribution in [0.4, 0.5) is 0 Å². The fourth-order valence-corrected chi connectivity index (χ4v) is 4.22. The summed E-state index contributed by atoms with van der Waals surface area (Å²) >= 11 is 0. The maximum Gasteiger partial charge on any atom is 0.224 e. The largest absolute Gasteiger partial charge is 0.361 e. The smallest absolute Gasteiger partial charge is 0.224 e. The lowest BCUT2D eigenvalue weighted by atomic mass is 9.91. The van der Waals surface area contributed by atoms with Gasteiger partial charge in [0.05, 0.1) is 6.42 Å². The molecule has 2 aromatic carbocycles. The van der Waals surface area contributed by atoms with Crippen LogP contribution in [0.15, 0.2) is 54.7 Å². The van der Waals surface area contributed by atoms with Crippen LogP contribution in [0, 0.1) is 0 Å². The number of aryl methyl sites for hydroxylation is 1.